The molecule has 0 aromatic carbocycles. The molecule has 78 valence electrons. The van der Waals surface area contributed by atoms with Crippen LogP contribution in [0, 0.1) is 0 Å². The first-order valence-electron chi connectivity index (χ1n) is 3.73. The molecule has 7 heteroatoms. The molecule has 5 nitrogen and oxygen atoms in total. The quantitative estimate of drug-likeness (QED) is 0.680. The van der Waals surface area contributed by atoms with Crippen molar-refractivity contribution in [2.45, 2.75) is 19.8 Å². The van der Waals surface area contributed by atoms with E-state index in [4.69, 9.17) is 5.11 Å². The van der Waals surface area contributed by atoms with E-state index in [1.807, 2.05) is 0 Å². The molecule has 0 saturated heterocycles. The monoisotopic (exact) mass is 214 g/mol. The summed E-state index contributed by atoms with van der Waals surface area (Å²) in [5.41, 5.74) is 0. The number of carboxylic acid groups (broad SMARTS) is 1. The summed E-state index contributed by atoms with van der Waals surface area (Å²) in [6, 6.07) is 0. The van der Waals surface area contributed by atoms with Gasteiger partial charge in [0.2, 0.25) is 0 Å². The molecule has 0 saturated carbocycles. The molecule has 0 rings (SSSR count). The van der Waals surface area contributed by atoms with Crippen LogP contribution >= 0.6 is 7.60 Å². The summed E-state index contributed by atoms with van der Waals surface area (Å²) in [6.07, 6.45) is 0. The van der Waals surface area contributed by atoms with Crippen LogP contribution < -0.4 is 0 Å². The second-order valence-electron chi connectivity index (χ2n) is 2.05. The Morgan fingerprint density at radius 1 is 1.46 bits per heavy atom. The Kier molecular flexibility index (Phi) is 5.13. The first-order valence-corrected chi connectivity index (χ1v) is 5.34. The van der Waals surface area contributed by atoms with Gasteiger partial charge in [0.1, 0.15) is 0 Å². The highest BCUT2D eigenvalue weighted by molar-refractivity contribution is 7.55. The van der Waals surface area contributed by atoms with Gasteiger partial charge in [0, 0.05) is 0 Å². The van der Waals surface area contributed by atoms with Crippen LogP contribution in [0.4, 0.5) is 4.39 Å². The van der Waals surface area contributed by atoms with E-state index in [0.29, 0.717) is 0 Å². The highest BCUT2D eigenvalue weighted by Gasteiger charge is 2.41. The molecule has 1 N–H and O–H groups in total. The maximum Gasteiger partial charge on any atom is 0.376 e. The van der Waals surface area contributed by atoms with Gasteiger partial charge in [-0.3, -0.25) is 4.57 Å². The van der Waals surface area contributed by atoms with E-state index in [2.05, 4.69) is 9.05 Å². The highest BCUT2D eigenvalue weighted by atomic mass is 31.2. The number of aliphatic carboxylic acids is 1. The lowest BCUT2D eigenvalue weighted by atomic mass is 10.8. The molecule has 0 fully saturated rings. The molecule has 0 radical (unpaired) electrons. The highest BCUT2D eigenvalue weighted by Crippen LogP contribution is 2.53. The summed E-state index contributed by atoms with van der Waals surface area (Å²) >= 11 is 0. The maximum absolute atomic E-state index is 12.8. The van der Waals surface area contributed by atoms with E-state index < -0.39 is 19.5 Å². The van der Waals surface area contributed by atoms with Gasteiger partial charge in [0.05, 0.1) is 13.2 Å². The lowest BCUT2D eigenvalue weighted by Crippen LogP contribution is -2.18. The Labute approximate surface area is 75.4 Å². The van der Waals surface area contributed by atoms with E-state index in [0.717, 1.165) is 0 Å². The first kappa shape index (κ1) is 12.6. The zero-order chi connectivity index (χ0) is 10.5. The number of halogens is 1. The summed E-state index contributed by atoms with van der Waals surface area (Å²) in [7, 11) is -4.13. The largest absolute Gasteiger partial charge is 0.479 e. The lowest BCUT2D eigenvalue weighted by molar-refractivity contribution is -0.140. The first-order chi connectivity index (χ1) is 5.98. The number of carbonyl (C=O) groups is 1. The van der Waals surface area contributed by atoms with Crippen LogP contribution in [0.1, 0.15) is 13.8 Å². The number of alkyl halides is 1. The van der Waals surface area contributed by atoms with E-state index in [9.17, 15) is 13.8 Å². The Morgan fingerprint density at radius 2 is 1.85 bits per heavy atom. The minimum atomic E-state index is -4.13. The van der Waals surface area contributed by atoms with Crippen molar-refractivity contribution in [3.05, 3.63) is 0 Å². The van der Waals surface area contributed by atoms with Crippen molar-refractivity contribution in [1.82, 2.24) is 0 Å². The van der Waals surface area contributed by atoms with Crippen molar-refractivity contribution < 1.29 is 27.9 Å². The number of rotatable bonds is 6. The van der Waals surface area contributed by atoms with E-state index in [1.165, 1.54) is 13.8 Å². The van der Waals surface area contributed by atoms with Crippen molar-refractivity contribution >= 4 is 13.6 Å². The molecule has 0 spiro atoms. The van der Waals surface area contributed by atoms with Gasteiger partial charge in [0.15, 0.2) is 0 Å². The second kappa shape index (κ2) is 5.32. The molecule has 0 heterocycles. The van der Waals surface area contributed by atoms with E-state index >= 15 is 0 Å². The van der Waals surface area contributed by atoms with Gasteiger partial charge in [-0.2, -0.15) is 0 Å². The molecule has 0 amide bonds. The fraction of sp³-hybridized carbons (Fsp3) is 0.833. The maximum atomic E-state index is 12.8. The van der Waals surface area contributed by atoms with Gasteiger partial charge in [-0.25, -0.2) is 9.18 Å². The third-order valence-electron chi connectivity index (χ3n) is 1.10. The van der Waals surface area contributed by atoms with Crippen LogP contribution in [0.5, 0.6) is 0 Å². The molecule has 0 aliphatic carbocycles. The predicted molar refractivity (Wildman–Crippen MR) is 43.4 cm³/mol. The smallest absolute Gasteiger partial charge is 0.376 e. The Morgan fingerprint density at radius 3 is 2.08 bits per heavy atom. The van der Waals surface area contributed by atoms with Crippen LogP contribution in [0.15, 0.2) is 0 Å². The molecule has 0 aromatic heterocycles. The number of hydrogen-bond acceptors (Lipinski definition) is 4. The fourth-order valence-electron chi connectivity index (χ4n) is 0.663. The zero-order valence-electron chi connectivity index (χ0n) is 7.40. The number of carboxylic acids is 1. The third-order valence-corrected chi connectivity index (χ3v) is 3.11. The van der Waals surface area contributed by atoms with Crippen LogP contribution in [0.2, 0.25) is 0 Å². The standard InChI is InChI=1S/C6H12FO5P/c1-3-11-13(10,12-4-2)5(7)6(8)9/h5H,3-4H2,1-2H3,(H,8,9)/t5-/m1/s1. The Hall–Kier alpha value is -0.450. The topological polar surface area (TPSA) is 72.8 Å². The Bertz CT molecular complexity index is 209. The minimum absolute atomic E-state index is 0.0645. The summed E-state index contributed by atoms with van der Waals surface area (Å²) in [5, 5.41) is 8.26. The molecule has 13 heavy (non-hydrogen) atoms. The van der Waals surface area contributed by atoms with Crippen molar-refractivity contribution in [2.24, 2.45) is 0 Å². The van der Waals surface area contributed by atoms with Gasteiger partial charge in [-0.15, -0.1) is 0 Å². The van der Waals surface area contributed by atoms with E-state index in [-0.39, 0.29) is 13.2 Å². The molecule has 0 aliphatic rings. The molecule has 0 unspecified atom stereocenters. The summed E-state index contributed by atoms with van der Waals surface area (Å²) in [6.45, 7) is 2.82. The predicted octanol–water partition coefficient (Wildman–Crippen LogP) is 1.63. The van der Waals surface area contributed by atoms with Gasteiger partial charge < -0.3 is 14.2 Å². The molecular weight excluding hydrogens is 202 g/mol. The molecule has 0 bridgehead atoms. The van der Waals surface area contributed by atoms with E-state index in [1.54, 1.807) is 0 Å². The molecule has 1 atom stereocenters. The van der Waals surface area contributed by atoms with Crippen molar-refractivity contribution in [1.29, 1.82) is 0 Å². The fourth-order valence-corrected chi connectivity index (χ4v) is 1.99. The minimum Gasteiger partial charge on any atom is -0.479 e. The molecule has 0 aromatic rings. The van der Waals surface area contributed by atoms with Crippen LogP contribution in [0.25, 0.3) is 0 Å². The van der Waals surface area contributed by atoms with Crippen LogP contribution in [0.3, 0.4) is 0 Å². The van der Waals surface area contributed by atoms with Gasteiger partial charge in [0.25, 0.3) is 5.91 Å². The van der Waals surface area contributed by atoms with Crippen LogP contribution in [-0.2, 0) is 18.4 Å². The third kappa shape index (κ3) is 3.42. The van der Waals surface area contributed by atoms with Crippen LogP contribution in [-0.4, -0.2) is 30.2 Å². The average Bonchev–Trinajstić information content (AvgIpc) is 2.03. The van der Waals surface area contributed by atoms with Gasteiger partial charge >= 0.3 is 13.6 Å². The summed E-state index contributed by atoms with van der Waals surface area (Å²) in [4.78, 5) is 10.2. The Balaban J connectivity index is 4.57. The lowest BCUT2D eigenvalue weighted by Gasteiger charge is -2.17. The number of hydrogen-bond donors (Lipinski definition) is 1. The van der Waals surface area contributed by atoms with Gasteiger partial charge in [-0.05, 0) is 13.8 Å². The zero-order valence-corrected chi connectivity index (χ0v) is 8.29. The van der Waals surface area contributed by atoms with Crippen molar-refractivity contribution in [2.75, 3.05) is 13.2 Å². The van der Waals surface area contributed by atoms with Gasteiger partial charge in [-0.1, -0.05) is 0 Å². The SMILES string of the molecule is CCOP(=O)(OCC)[C@@H](F)C(=O)O. The average molecular weight is 214 g/mol. The normalized spacial score (nSPS) is 14.1. The molecular formula is C6H12FO5P. The molecule has 0 aliphatic heterocycles. The summed E-state index contributed by atoms with van der Waals surface area (Å²) < 4.78 is 33.1. The van der Waals surface area contributed by atoms with Crippen molar-refractivity contribution in [3.8, 4) is 0 Å². The van der Waals surface area contributed by atoms with Crippen molar-refractivity contribution in [3.63, 3.8) is 0 Å². The second-order valence-corrected chi connectivity index (χ2v) is 4.10. The summed E-state index contributed by atoms with van der Waals surface area (Å²) in [5.74, 6) is -4.46.